The molecule has 0 aliphatic carbocycles. The molecule has 4 heterocycles. The summed E-state index contributed by atoms with van der Waals surface area (Å²) in [7, 11) is 0. The molecular weight excluding hydrogens is 462 g/mol. The molecule has 0 aromatic carbocycles. The zero-order chi connectivity index (χ0) is 23.1. The predicted molar refractivity (Wildman–Crippen MR) is 102 cm³/mol. The first-order valence-electron chi connectivity index (χ1n) is 8.86. The van der Waals surface area contributed by atoms with E-state index < -0.39 is 29.4 Å². The SMILES string of the molecule is CC1(Cc2ccc(-c3noc(C(F)(F)F)n3)s2)N=CC(Nc2cnccn2)=C1C(F)(F)F. The number of hydrogen-bond donors (Lipinski definition) is 1. The van der Waals surface area contributed by atoms with E-state index in [0.29, 0.717) is 4.88 Å². The van der Waals surface area contributed by atoms with Crippen LogP contribution in [0.2, 0.25) is 0 Å². The summed E-state index contributed by atoms with van der Waals surface area (Å²) < 4.78 is 84.0. The molecular formula is C18H12F6N6OS. The summed E-state index contributed by atoms with van der Waals surface area (Å²) in [5, 5.41) is 5.88. The molecule has 1 aliphatic rings. The van der Waals surface area contributed by atoms with Gasteiger partial charge >= 0.3 is 18.2 Å². The number of hydrogen-bond acceptors (Lipinski definition) is 8. The molecule has 7 nitrogen and oxygen atoms in total. The van der Waals surface area contributed by atoms with Crippen LogP contribution in [0.25, 0.3) is 10.7 Å². The molecule has 3 aromatic rings. The van der Waals surface area contributed by atoms with Crippen LogP contribution in [0.1, 0.15) is 17.7 Å². The lowest BCUT2D eigenvalue weighted by molar-refractivity contribution is -0.159. The minimum atomic E-state index is -4.80. The minimum absolute atomic E-state index is 0.121. The van der Waals surface area contributed by atoms with Gasteiger partial charge in [0.15, 0.2) is 0 Å². The first kappa shape index (κ1) is 21.9. The Morgan fingerprint density at radius 2 is 1.88 bits per heavy atom. The van der Waals surface area contributed by atoms with Crippen molar-refractivity contribution in [3.63, 3.8) is 0 Å². The third-order valence-electron chi connectivity index (χ3n) is 4.46. The molecule has 14 heteroatoms. The largest absolute Gasteiger partial charge is 0.471 e. The number of halogens is 6. The molecule has 32 heavy (non-hydrogen) atoms. The van der Waals surface area contributed by atoms with Gasteiger partial charge in [-0.3, -0.25) is 9.98 Å². The maximum atomic E-state index is 13.9. The molecule has 1 unspecified atom stereocenters. The highest BCUT2D eigenvalue weighted by atomic mass is 32.1. The van der Waals surface area contributed by atoms with E-state index in [4.69, 9.17) is 0 Å². The highest BCUT2D eigenvalue weighted by molar-refractivity contribution is 7.15. The predicted octanol–water partition coefficient (Wildman–Crippen LogP) is 4.92. The zero-order valence-corrected chi connectivity index (χ0v) is 16.8. The van der Waals surface area contributed by atoms with E-state index in [1.807, 2.05) is 0 Å². The molecule has 168 valence electrons. The quantitative estimate of drug-likeness (QED) is 0.528. The Labute approximate surface area is 179 Å². The topological polar surface area (TPSA) is 89.1 Å². The van der Waals surface area contributed by atoms with Crippen LogP contribution >= 0.6 is 11.3 Å². The van der Waals surface area contributed by atoms with Crippen LogP contribution < -0.4 is 5.32 Å². The molecule has 0 fully saturated rings. The molecule has 3 aromatic heterocycles. The average molecular weight is 474 g/mol. The first-order chi connectivity index (χ1) is 15.0. The van der Waals surface area contributed by atoms with Crippen molar-refractivity contribution in [1.29, 1.82) is 0 Å². The summed E-state index contributed by atoms with van der Waals surface area (Å²) in [5.41, 5.74) is -2.82. The summed E-state index contributed by atoms with van der Waals surface area (Å²) in [6.07, 6.45) is -4.58. The summed E-state index contributed by atoms with van der Waals surface area (Å²) in [4.78, 5) is 15.8. The molecule has 0 bridgehead atoms. The molecule has 1 N–H and O–H groups in total. The highest BCUT2D eigenvalue weighted by Gasteiger charge is 2.50. The van der Waals surface area contributed by atoms with Crippen molar-refractivity contribution in [2.75, 3.05) is 5.32 Å². The summed E-state index contributed by atoms with van der Waals surface area (Å²) in [5.74, 6) is -1.68. The second-order valence-corrected chi connectivity index (χ2v) is 8.07. The van der Waals surface area contributed by atoms with Gasteiger partial charge in [-0.05, 0) is 19.1 Å². The van der Waals surface area contributed by atoms with Crippen LogP contribution in [0.3, 0.4) is 0 Å². The maximum absolute atomic E-state index is 13.9. The van der Waals surface area contributed by atoms with E-state index >= 15 is 0 Å². The van der Waals surface area contributed by atoms with Gasteiger partial charge in [-0.15, -0.1) is 11.3 Å². The first-order valence-corrected chi connectivity index (χ1v) is 9.67. The van der Waals surface area contributed by atoms with E-state index in [2.05, 4.69) is 34.9 Å². The van der Waals surface area contributed by atoms with Crippen molar-refractivity contribution >= 4 is 23.4 Å². The second kappa shape index (κ2) is 7.69. The number of nitrogens with one attached hydrogen (secondary N) is 1. The Hall–Kier alpha value is -3.29. The fourth-order valence-electron chi connectivity index (χ4n) is 3.19. The van der Waals surface area contributed by atoms with Crippen molar-refractivity contribution < 1.29 is 30.9 Å². The maximum Gasteiger partial charge on any atom is 0.471 e. The monoisotopic (exact) mass is 474 g/mol. The van der Waals surface area contributed by atoms with Gasteiger partial charge in [-0.1, -0.05) is 5.16 Å². The average Bonchev–Trinajstić information content (AvgIpc) is 3.40. The Bertz CT molecular complexity index is 1180. The van der Waals surface area contributed by atoms with Gasteiger partial charge in [0.1, 0.15) is 5.82 Å². The Balaban J connectivity index is 1.61. The smallest absolute Gasteiger partial charge is 0.337 e. The number of allylic oxidation sites excluding steroid dienone is 1. The van der Waals surface area contributed by atoms with Crippen molar-refractivity contribution in [2.24, 2.45) is 4.99 Å². The second-order valence-electron chi connectivity index (χ2n) is 6.90. The van der Waals surface area contributed by atoms with E-state index in [0.717, 1.165) is 17.6 Å². The van der Waals surface area contributed by atoms with E-state index in [-0.39, 0.29) is 28.6 Å². The number of anilines is 1. The van der Waals surface area contributed by atoms with Crippen LogP contribution in [-0.4, -0.2) is 38.0 Å². The lowest BCUT2D eigenvalue weighted by Crippen LogP contribution is -2.35. The number of aromatic nitrogens is 4. The van der Waals surface area contributed by atoms with Crippen LogP contribution in [0, 0.1) is 0 Å². The van der Waals surface area contributed by atoms with Gasteiger partial charge in [-0.2, -0.15) is 31.3 Å². The third kappa shape index (κ3) is 4.35. The lowest BCUT2D eigenvalue weighted by Gasteiger charge is -2.27. The number of alkyl halides is 6. The lowest BCUT2D eigenvalue weighted by atomic mass is 9.88. The van der Waals surface area contributed by atoms with Gasteiger partial charge < -0.3 is 9.84 Å². The molecule has 0 saturated heterocycles. The van der Waals surface area contributed by atoms with Crippen LogP contribution in [-0.2, 0) is 12.6 Å². The molecule has 0 radical (unpaired) electrons. The number of aliphatic imine (C=N–C) groups is 1. The number of thiophene rings is 1. The van der Waals surface area contributed by atoms with E-state index in [1.54, 1.807) is 0 Å². The molecule has 0 spiro atoms. The van der Waals surface area contributed by atoms with Gasteiger partial charge in [0.05, 0.1) is 27.9 Å². The minimum Gasteiger partial charge on any atom is -0.337 e. The molecule has 1 atom stereocenters. The molecule has 1 aliphatic heterocycles. The third-order valence-corrected chi connectivity index (χ3v) is 5.55. The van der Waals surface area contributed by atoms with Crippen molar-refractivity contribution in [3.05, 3.63) is 52.8 Å². The normalized spacial score (nSPS) is 19.1. The van der Waals surface area contributed by atoms with Crippen molar-refractivity contribution in [3.8, 4) is 10.7 Å². The fourth-order valence-corrected chi connectivity index (χ4v) is 4.27. The van der Waals surface area contributed by atoms with Crippen LogP contribution in [0.5, 0.6) is 0 Å². The Morgan fingerprint density at radius 1 is 1.09 bits per heavy atom. The zero-order valence-electron chi connectivity index (χ0n) is 16.0. The number of nitrogens with zero attached hydrogens (tertiary/aromatic N) is 5. The van der Waals surface area contributed by atoms with E-state index in [9.17, 15) is 26.3 Å². The Morgan fingerprint density at radius 3 is 2.50 bits per heavy atom. The van der Waals surface area contributed by atoms with Gasteiger partial charge in [0.25, 0.3) is 0 Å². The number of rotatable bonds is 5. The standard InChI is InChI=1S/C18H12F6N6OS/c1-16(6-9-2-3-11(32-9)14-29-15(31-30-14)18(22,23)24)13(17(19,20)21)10(7-27-16)28-12-8-25-4-5-26-12/h2-5,7-8H,6H2,1H3,(H,26,28). The van der Waals surface area contributed by atoms with E-state index in [1.165, 1.54) is 37.6 Å². The molecule has 0 amide bonds. The van der Waals surface area contributed by atoms with Crippen molar-refractivity contribution in [2.45, 2.75) is 31.2 Å². The fraction of sp³-hybridized carbons (Fsp3) is 0.278. The Kier molecular flexibility index (Phi) is 5.27. The van der Waals surface area contributed by atoms with Gasteiger partial charge in [-0.25, -0.2) is 4.98 Å². The van der Waals surface area contributed by atoms with Crippen LogP contribution in [0.4, 0.5) is 32.2 Å². The summed E-state index contributed by atoms with van der Waals surface area (Å²) in [6.45, 7) is 1.33. The van der Waals surface area contributed by atoms with Gasteiger partial charge in [0.2, 0.25) is 5.82 Å². The summed E-state index contributed by atoms with van der Waals surface area (Å²) in [6, 6.07) is 2.91. The van der Waals surface area contributed by atoms with Crippen molar-refractivity contribution in [1.82, 2.24) is 20.1 Å². The molecule has 0 saturated carbocycles. The molecule has 4 rings (SSSR count). The van der Waals surface area contributed by atoms with Gasteiger partial charge in [0, 0.05) is 29.9 Å². The van der Waals surface area contributed by atoms with Crippen LogP contribution in [0.15, 0.2) is 51.5 Å². The highest BCUT2D eigenvalue weighted by Crippen LogP contribution is 2.44. The summed E-state index contributed by atoms with van der Waals surface area (Å²) >= 11 is 0.954.